The van der Waals surface area contributed by atoms with Crippen LogP contribution in [-0.2, 0) is 29.6 Å². The normalized spacial score (nSPS) is 11.8. The second-order valence-electron chi connectivity index (χ2n) is 7.50. The molecule has 0 aliphatic rings. The quantitative estimate of drug-likeness (QED) is 0.444. The molecular formula is C22H27FN4O3S. The minimum atomic E-state index is -3.83. The molecule has 0 spiro atoms. The van der Waals surface area contributed by atoms with Crippen molar-refractivity contribution in [3.8, 4) is 0 Å². The Balaban J connectivity index is 1.57. The van der Waals surface area contributed by atoms with Crippen molar-refractivity contribution in [1.29, 1.82) is 0 Å². The number of aromatic nitrogens is 2. The molecule has 3 rings (SSSR count). The van der Waals surface area contributed by atoms with Crippen molar-refractivity contribution < 1.29 is 17.9 Å². The predicted octanol–water partition coefficient (Wildman–Crippen LogP) is 3.23. The molecule has 0 atom stereocenters. The molecule has 0 saturated heterocycles. The van der Waals surface area contributed by atoms with E-state index in [-0.39, 0.29) is 29.8 Å². The zero-order valence-electron chi connectivity index (χ0n) is 17.5. The lowest BCUT2D eigenvalue weighted by molar-refractivity contribution is 0.282. The molecule has 3 aromatic rings. The summed E-state index contributed by atoms with van der Waals surface area (Å²) in [7, 11) is -3.83. The summed E-state index contributed by atoms with van der Waals surface area (Å²) < 4.78 is 43.8. The van der Waals surface area contributed by atoms with E-state index in [1.54, 1.807) is 12.1 Å². The molecule has 1 heterocycles. The molecule has 0 fully saturated rings. The number of nitrogens with zero attached hydrogens (tertiary/aromatic N) is 2. The van der Waals surface area contributed by atoms with Crippen LogP contribution in [0.15, 0.2) is 59.6 Å². The van der Waals surface area contributed by atoms with Crippen LogP contribution >= 0.6 is 0 Å². The summed E-state index contributed by atoms with van der Waals surface area (Å²) in [6.45, 7) is 4.51. The van der Waals surface area contributed by atoms with Crippen LogP contribution in [-0.4, -0.2) is 29.8 Å². The van der Waals surface area contributed by atoms with Gasteiger partial charge >= 0.3 is 0 Å². The van der Waals surface area contributed by atoms with Crippen LogP contribution in [0.1, 0.15) is 36.7 Å². The van der Waals surface area contributed by atoms with E-state index in [1.165, 1.54) is 12.1 Å². The predicted molar refractivity (Wildman–Crippen MR) is 118 cm³/mol. The maximum absolute atomic E-state index is 14.5. The van der Waals surface area contributed by atoms with Crippen LogP contribution in [0.4, 0.5) is 10.1 Å². The SMILES string of the molecule is CC(C)n1ccc(CNc2ccc(S(=O)(=O)NCCc3ccc(CO)cc3)cc2F)n1. The molecule has 1 aromatic heterocycles. The Morgan fingerprint density at radius 3 is 2.42 bits per heavy atom. The summed E-state index contributed by atoms with van der Waals surface area (Å²) in [5.41, 5.74) is 2.70. The minimum absolute atomic E-state index is 0.0372. The van der Waals surface area contributed by atoms with Crippen molar-refractivity contribution in [3.05, 3.63) is 77.4 Å². The average molecular weight is 447 g/mol. The smallest absolute Gasteiger partial charge is 0.240 e. The largest absolute Gasteiger partial charge is 0.392 e. The van der Waals surface area contributed by atoms with Gasteiger partial charge in [-0.25, -0.2) is 17.5 Å². The van der Waals surface area contributed by atoms with Gasteiger partial charge in [0.2, 0.25) is 10.0 Å². The molecule has 2 aromatic carbocycles. The second kappa shape index (κ2) is 10.0. The first-order valence-corrected chi connectivity index (χ1v) is 11.5. The van der Waals surface area contributed by atoms with E-state index in [1.807, 2.05) is 42.9 Å². The van der Waals surface area contributed by atoms with Crippen LogP contribution in [0.25, 0.3) is 0 Å². The monoisotopic (exact) mass is 446 g/mol. The number of nitrogens with one attached hydrogen (secondary N) is 2. The third-order valence-electron chi connectivity index (χ3n) is 4.81. The van der Waals surface area contributed by atoms with Crippen molar-refractivity contribution in [2.75, 3.05) is 11.9 Å². The van der Waals surface area contributed by atoms with Crippen LogP contribution in [0.2, 0.25) is 0 Å². The molecule has 0 radical (unpaired) electrons. The molecule has 0 aliphatic heterocycles. The molecule has 0 bridgehead atoms. The molecule has 31 heavy (non-hydrogen) atoms. The summed E-state index contributed by atoms with van der Waals surface area (Å²) >= 11 is 0. The Bertz CT molecular complexity index is 1110. The van der Waals surface area contributed by atoms with E-state index in [0.29, 0.717) is 13.0 Å². The molecule has 7 nitrogen and oxygen atoms in total. The third-order valence-corrected chi connectivity index (χ3v) is 6.27. The Labute approximate surface area is 182 Å². The first kappa shape index (κ1) is 22.9. The van der Waals surface area contributed by atoms with Crippen molar-refractivity contribution in [2.45, 2.75) is 44.4 Å². The van der Waals surface area contributed by atoms with E-state index in [9.17, 15) is 12.8 Å². The molecule has 9 heteroatoms. The molecule has 3 N–H and O–H groups in total. The first-order valence-electron chi connectivity index (χ1n) is 10.0. The number of anilines is 1. The Hall–Kier alpha value is -2.75. The van der Waals surface area contributed by atoms with Crippen molar-refractivity contribution in [2.24, 2.45) is 0 Å². The van der Waals surface area contributed by atoms with Gasteiger partial charge in [-0.15, -0.1) is 0 Å². The van der Waals surface area contributed by atoms with E-state index >= 15 is 0 Å². The number of rotatable bonds is 10. The van der Waals surface area contributed by atoms with Gasteiger partial charge in [0.1, 0.15) is 5.82 Å². The third kappa shape index (κ3) is 6.13. The number of sulfonamides is 1. The van der Waals surface area contributed by atoms with Gasteiger partial charge in [-0.1, -0.05) is 24.3 Å². The van der Waals surface area contributed by atoms with Crippen LogP contribution in [0.5, 0.6) is 0 Å². The summed E-state index contributed by atoms with van der Waals surface area (Å²) in [4.78, 5) is -0.129. The molecule has 0 amide bonds. The van der Waals surface area contributed by atoms with Crippen LogP contribution < -0.4 is 10.0 Å². The van der Waals surface area contributed by atoms with Gasteiger partial charge in [-0.05, 0) is 55.7 Å². The fourth-order valence-corrected chi connectivity index (χ4v) is 4.02. The highest BCUT2D eigenvalue weighted by Gasteiger charge is 2.16. The zero-order valence-corrected chi connectivity index (χ0v) is 18.4. The minimum Gasteiger partial charge on any atom is -0.392 e. The van der Waals surface area contributed by atoms with Crippen LogP contribution in [0, 0.1) is 5.82 Å². The lowest BCUT2D eigenvalue weighted by Crippen LogP contribution is -2.26. The van der Waals surface area contributed by atoms with Gasteiger partial charge in [-0.2, -0.15) is 5.10 Å². The fourth-order valence-electron chi connectivity index (χ4n) is 2.98. The van der Waals surface area contributed by atoms with Crippen molar-refractivity contribution in [3.63, 3.8) is 0 Å². The topological polar surface area (TPSA) is 96.2 Å². The highest BCUT2D eigenvalue weighted by Crippen LogP contribution is 2.20. The maximum Gasteiger partial charge on any atom is 0.240 e. The zero-order chi connectivity index (χ0) is 22.4. The van der Waals surface area contributed by atoms with Gasteiger partial charge < -0.3 is 10.4 Å². The van der Waals surface area contributed by atoms with Crippen LogP contribution in [0.3, 0.4) is 0 Å². The average Bonchev–Trinajstić information content (AvgIpc) is 3.22. The van der Waals surface area contributed by atoms with E-state index in [4.69, 9.17) is 5.11 Å². The molecule has 0 unspecified atom stereocenters. The molecular weight excluding hydrogens is 419 g/mol. The van der Waals surface area contributed by atoms with Gasteiger partial charge in [0, 0.05) is 18.8 Å². The highest BCUT2D eigenvalue weighted by atomic mass is 32.2. The van der Waals surface area contributed by atoms with Crippen molar-refractivity contribution in [1.82, 2.24) is 14.5 Å². The summed E-state index contributed by atoms with van der Waals surface area (Å²) in [6.07, 6.45) is 2.34. The van der Waals surface area contributed by atoms with Crippen molar-refractivity contribution >= 4 is 15.7 Å². The molecule has 0 saturated carbocycles. The number of benzene rings is 2. The standard InChI is InChI=1S/C22H27FN4O3S/c1-16(2)27-12-10-19(26-27)14-24-22-8-7-20(13-21(22)23)31(29,30)25-11-9-17-3-5-18(15-28)6-4-17/h3-8,10,12-13,16,24-25,28H,9,11,14-15H2,1-2H3. The Kier molecular flexibility index (Phi) is 7.42. The van der Waals surface area contributed by atoms with Gasteiger partial charge in [-0.3, -0.25) is 4.68 Å². The lowest BCUT2D eigenvalue weighted by atomic mass is 10.1. The van der Waals surface area contributed by atoms with E-state index < -0.39 is 15.8 Å². The number of aliphatic hydroxyl groups is 1. The Morgan fingerprint density at radius 2 is 1.81 bits per heavy atom. The number of hydrogen-bond donors (Lipinski definition) is 3. The number of aliphatic hydroxyl groups excluding tert-OH is 1. The van der Waals surface area contributed by atoms with E-state index in [2.05, 4.69) is 15.1 Å². The van der Waals surface area contributed by atoms with E-state index in [0.717, 1.165) is 22.9 Å². The van der Waals surface area contributed by atoms with Gasteiger partial charge in [0.15, 0.2) is 0 Å². The highest BCUT2D eigenvalue weighted by molar-refractivity contribution is 7.89. The van der Waals surface area contributed by atoms with Gasteiger partial charge in [0.25, 0.3) is 0 Å². The lowest BCUT2D eigenvalue weighted by Gasteiger charge is -2.10. The fraction of sp³-hybridized carbons (Fsp3) is 0.318. The Morgan fingerprint density at radius 1 is 1.10 bits per heavy atom. The summed E-state index contributed by atoms with van der Waals surface area (Å²) in [5.74, 6) is -0.647. The number of hydrogen-bond acceptors (Lipinski definition) is 5. The van der Waals surface area contributed by atoms with Gasteiger partial charge in [0.05, 0.1) is 29.4 Å². The summed E-state index contributed by atoms with van der Waals surface area (Å²) in [5, 5.41) is 16.4. The second-order valence-corrected chi connectivity index (χ2v) is 9.27. The number of halogens is 1. The first-order chi connectivity index (χ1) is 14.8. The molecule has 166 valence electrons. The maximum atomic E-state index is 14.5. The summed E-state index contributed by atoms with van der Waals surface area (Å²) in [6, 6.07) is 13.1. The molecule has 0 aliphatic carbocycles.